The van der Waals surface area contributed by atoms with Gasteiger partial charge in [-0.25, -0.2) is 8.42 Å². The Hall–Kier alpha value is -2.64. The van der Waals surface area contributed by atoms with E-state index in [0.29, 0.717) is 36.9 Å². The molecule has 0 spiro atoms. The second-order valence-corrected chi connectivity index (χ2v) is 10.9. The van der Waals surface area contributed by atoms with Crippen LogP contribution in [0.3, 0.4) is 0 Å². The van der Waals surface area contributed by atoms with Gasteiger partial charge in [-0.15, -0.1) is 0 Å². The summed E-state index contributed by atoms with van der Waals surface area (Å²) in [6, 6.07) is 15.3. The van der Waals surface area contributed by atoms with E-state index in [2.05, 4.69) is 13.0 Å². The molecule has 0 saturated carbocycles. The summed E-state index contributed by atoms with van der Waals surface area (Å²) >= 11 is 0. The average Bonchev–Trinajstić information content (AvgIpc) is 3.41. The molecule has 2 aliphatic rings. The zero-order valence-corrected chi connectivity index (χ0v) is 19.2. The molecule has 0 radical (unpaired) electrons. The maximum absolute atomic E-state index is 13.1. The van der Waals surface area contributed by atoms with Gasteiger partial charge in [0.1, 0.15) is 0 Å². The van der Waals surface area contributed by atoms with Crippen molar-refractivity contribution in [1.82, 2.24) is 8.87 Å². The topological polar surface area (TPSA) is 62.6 Å². The molecule has 2 aliphatic heterocycles. The molecule has 0 bridgehead atoms. The van der Waals surface area contributed by atoms with Crippen molar-refractivity contribution in [2.24, 2.45) is 5.92 Å². The van der Waals surface area contributed by atoms with Crippen LogP contribution in [0.2, 0.25) is 0 Å². The highest BCUT2D eigenvalue weighted by molar-refractivity contribution is 7.89. The first kappa shape index (κ1) is 21.2. The quantitative estimate of drug-likeness (QED) is 0.588. The molecule has 3 aromatic rings. The van der Waals surface area contributed by atoms with E-state index in [4.69, 9.17) is 0 Å². The SMILES string of the molecule is CC1CCN(S(=O)(=O)c2ccc3c(ccn3CCC(=O)N3CCc4ccccc43)c2)CC1. The van der Waals surface area contributed by atoms with E-state index < -0.39 is 10.0 Å². The van der Waals surface area contributed by atoms with E-state index in [-0.39, 0.29) is 5.91 Å². The van der Waals surface area contributed by atoms with Crippen molar-refractivity contribution in [3.05, 3.63) is 60.3 Å². The third-order valence-electron chi connectivity index (χ3n) is 6.88. The number of rotatable bonds is 5. The van der Waals surface area contributed by atoms with Crippen LogP contribution in [0.15, 0.2) is 59.6 Å². The number of piperidine rings is 1. The summed E-state index contributed by atoms with van der Waals surface area (Å²) in [5.41, 5.74) is 3.20. The Morgan fingerprint density at radius 3 is 2.62 bits per heavy atom. The van der Waals surface area contributed by atoms with E-state index in [1.807, 2.05) is 46.0 Å². The molecule has 168 valence electrons. The smallest absolute Gasteiger partial charge is 0.243 e. The van der Waals surface area contributed by atoms with Crippen LogP contribution in [0.4, 0.5) is 5.69 Å². The van der Waals surface area contributed by atoms with Crippen LogP contribution < -0.4 is 4.90 Å². The summed E-state index contributed by atoms with van der Waals surface area (Å²) in [6.45, 7) is 4.65. The monoisotopic (exact) mass is 451 g/mol. The van der Waals surface area contributed by atoms with E-state index in [9.17, 15) is 13.2 Å². The Morgan fingerprint density at radius 1 is 1.03 bits per heavy atom. The van der Waals surface area contributed by atoms with Gasteiger partial charge in [0.25, 0.3) is 0 Å². The summed E-state index contributed by atoms with van der Waals surface area (Å²) in [6.07, 6.45) is 5.07. The third-order valence-corrected chi connectivity index (χ3v) is 8.77. The zero-order valence-electron chi connectivity index (χ0n) is 18.4. The molecule has 1 fully saturated rings. The van der Waals surface area contributed by atoms with Crippen molar-refractivity contribution >= 4 is 32.5 Å². The second-order valence-electron chi connectivity index (χ2n) is 8.99. The van der Waals surface area contributed by atoms with Crippen LogP contribution in [-0.2, 0) is 27.8 Å². The van der Waals surface area contributed by atoms with Gasteiger partial charge in [-0.1, -0.05) is 25.1 Å². The molecular weight excluding hydrogens is 422 g/mol. The van der Waals surface area contributed by atoms with Gasteiger partial charge < -0.3 is 9.47 Å². The fraction of sp³-hybridized carbons (Fsp3) is 0.400. The predicted molar refractivity (Wildman–Crippen MR) is 126 cm³/mol. The zero-order chi connectivity index (χ0) is 22.3. The fourth-order valence-electron chi connectivity index (χ4n) is 4.86. The third kappa shape index (κ3) is 3.84. The van der Waals surface area contributed by atoms with Crippen LogP contribution >= 0.6 is 0 Å². The van der Waals surface area contributed by atoms with Crippen LogP contribution in [-0.4, -0.2) is 42.8 Å². The number of anilines is 1. The van der Waals surface area contributed by atoms with E-state index in [0.717, 1.165) is 42.4 Å². The van der Waals surface area contributed by atoms with E-state index in [1.54, 1.807) is 16.4 Å². The average molecular weight is 452 g/mol. The first-order valence-corrected chi connectivity index (χ1v) is 12.8. The van der Waals surface area contributed by atoms with Gasteiger partial charge in [0.2, 0.25) is 15.9 Å². The number of carbonyl (C=O) groups is 1. The predicted octanol–water partition coefficient (Wildman–Crippen LogP) is 4.04. The minimum absolute atomic E-state index is 0.121. The lowest BCUT2D eigenvalue weighted by Crippen LogP contribution is -2.37. The molecule has 2 aromatic carbocycles. The Labute approximate surface area is 189 Å². The molecule has 6 nitrogen and oxygen atoms in total. The van der Waals surface area contributed by atoms with Crippen molar-refractivity contribution in [1.29, 1.82) is 0 Å². The normalized spacial score (nSPS) is 17.7. The highest BCUT2D eigenvalue weighted by Crippen LogP contribution is 2.29. The first-order chi connectivity index (χ1) is 15.4. The molecule has 0 N–H and O–H groups in total. The number of hydrogen-bond acceptors (Lipinski definition) is 3. The molecule has 1 saturated heterocycles. The molecular formula is C25H29N3O3S. The summed E-state index contributed by atoms with van der Waals surface area (Å²) in [4.78, 5) is 15.1. The maximum Gasteiger partial charge on any atom is 0.243 e. The minimum Gasteiger partial charge on any atom is -0.347 e. The van der Waals surface area contributed by atoms with Crippen molar-refractivity contribution in [3.63, 3.8) is 0 Å². The van der Waals surface area contributed by atoms with Crippen LogP contribution in [0.1, 0.15) is 31.7 Å². The van der Waals surface area contributed by atoms with Gasteiger partial charge in [0.05, 0.1) is 4.90 Å². The highest BCUT2D eigenvalue weighted by Gasteiger charge is 2.28. The molecule has 0 aliphatic carbocycles. The molecule has 3 heterocycles. The van der Waals surface area contributed by atoms with Gasteiger partial charge >= 0.3 is 0 Å². The minimum atomic E-state index is -3.47. The number of nitrogens with zero attached hydrogens (tertiary/aromatic N) is 3. The van der Waals surface area contributed by atoms with Gasteiger partial charge in [-0.2, -0.15) is 4.31 Å². The summed E-state index contributed by atoms with van der Waals surface area (Å²) in [5.74, 6) is 0.699. The Bertz CT molecular complexity index is 1260. The van der Waals surface area contributed by atoms with Gasteiger partial charge in [-0.3, -0.25) is 4.79 Å². The van der Waals surface area contributed by atoms with Crippen LogP contribution in [0.5, 0.6) is 0 Å². The Kier molecular flexibility index (Phi) is 5.55. The molecule has 1 aromatic heterocycles. The van der Waals surface area contributed by atoms with Crippen molar-refractivity contribution < 1.29 is 13.2 Å². The summed E-state index contributed by atoms with van der Waals surface area (Å²) in [7, 11) is -3.47. The Balaban J connectivity index is 1.30. The number of fused-ring (bicyclic) bond motifs is 2. The van der Waals surface area contributed by atoms with Crippen LogP contribution in [0.25, 0.3) is 10.9 Å². The summed E-state index contributed by atoms with van der Waals surface area (Å²) in [5, 5.41) is 0.885. The number of para-hydroxylation sites is 1. The fourth-order valence-corrected chi connectivity index (χ4v) is 6.36. The largest absolute Gasteiger partial charge is 0.347 e. The molecule has 5 rings (SSSR count). The van der Waals surface area contributed by atoms with E-state index >= 15 is 0 Å². The first-order valence-electron chi connectivity index (χ1n) is 11.4. The number of sulfonamides is 1. The van der Waals surface area contributed by atoms with E-state index in [1.165, 1.54) is 5.56 Å². The maximum atomic E-state index is 13.1. The number of aromatic nitrogens is 1. The highest BCUT2D eigenvalue weighted by atomic mass is 32.2. The number of hydrogen-bond donors (Lipinski definition) is 0. The molecule has 7 heteroatoms. The van der Waals surface area contributed by atoms with Crippen molar-refractivity contribution in [2.45, 2.75) is 44.0 Å². The second kappa shape index (κ2) is 8.37. The standard InChI is InChI=1S/C25H29N3O3S/c1-19-8-15-27(16-9-19)32(30,31)22-6-7-23-21(18-22)10-13-26(23)14-12-25(29)28-17-11-20-4-2-3-5-24(20)28/h2-7,10,13,18-19H,8-9,11-12,14-17H2,1H3. The molecule has 1 amide bonds. The Morgan fingerprint density at radius 2 is 1.81 bits per heavy atom. The van der Waals surface area contributed by atoms with Crippen LogP contribution in [0, 0.1) is 5.92 Å². The van der Waals surface area contributed by atoms with Gasteiger partial charge in [0, 0.05) is 55.4 Å². The number of aryl methyl sites for hydroxylation is 1. The number of benzene rings is 2. The summed E-state index contributed by atoms with van der Waals surface area (Å²) < 4.78 is 29.8. The van der Waals surface area contributed by atoms with Crippen molar-refractivity contribution in [2.75, 3.05) is 24.5 Å². The lowest BCUT2D eigenvalue weighted by Gasteiger charge is -2.29. The molecule has 32 heavy (non-hydrogen) atoms. The molecule has 0 atom stereocenters. The van der Waals surface area contributed by atoms with Gasteiger partial charge in [-0.05, 0) is 61.1 Å². The lowest BCUT2D eigenvalue weighted by atomic mass is 10.0. The van der Waals surface area contributed by atoms with Gasteiger partial charge in [0.15, 0.2) is 0 Å². The number of amides is 1. The number of carbonyl (C=O) groups excluding carboxylic acids is 1. The lowest BCUT2D eigenvalue weighted by molar-refractivity contribution is -0.118. The molecule has 0 unspecified atom stereocenters. The van der Waals surface area contributed by atoms with Crippen molar-refractivity contribution in [3.8, 4) is 0 Å².